The molecule has 1 aromatic heterocycles. The van der Waals surface area contributed by atoms with Gasteiger partial charge in [-0.1, -0.05) is 93.6 Å². The molecule has 0 aliphatic carbocycles. The number of halogens is 1. The highest BCUT2D eigenvalue weighted by molar-refractivity contribution is 7.80. The molecule has 2 aliphatic heterocycles. The van der Waals surface area contributed by atoms with Gasteiger partial charge < -0.3 is 5.11 Å². The van der Waals surface area contributed by atoms with Crippen molar-refractivity contribution in [3.05, 3.63) is 105 Å². The SMILES string of the molecule is Cl.Oc1c(CN2CCN(Cc3ccccc3)CC2)cc(-c2cc(=S)ss2)cc1CN1CCN(Cc2ccccc2)CC1. The predicted octanol–water partition coefficient (Wildman–Crippen LogP) is 6.97. The fourth-order valence-corrected chi connectivity index (χ4v) is 8.28. The van der Waals surface area contributed by atoms with Gasteiger partial charge in [0.1, 0.15) is 9.57 Å². The molecular formula is C33H39ClN4OS3. The van der Waals surface area contributed by atoms with Crippen molar-refractivity contribution in [2.24, 2.45) is 0 Å². The molecule has 42 heavy (non-hydrogen) atoms. The van der Waals surface area contributed by atoms with Crippen molar-refractivity contribution in [2.45, 2.75) is 26.2 Å². The molecule has 4 aromatic rings. The van der Waals surface area contributed by atoms with E-state index in [-0.39, 0.29) is 12.4 Å². The second-order valence-corrected chi connectivity index (χ2v) is 14.1. The van der Waals surface area contributed by atoms with E-state index in [0.29, 0.717) is 5.75 Å². The van der Waals surface area contributed by atoms with Gasteiger partial charge in [-0.3, -0.25) is 19.6 Å². The summed E-state index contributed by atoms with van der Waals surface area (Å²) in [6.07, 6.45) is 0. The second-order valence-electron chi connectivity index (χ2n) is 11.2. The highest BCUT2D eigenvalue weighted by Crippen LogP contribution is 2.36. The molecule has 3 heterocycles. The van der Waals surface area contributed by atoms with Crippen LogP contribution < -0.4 is 0 Å². The largest absolute Gasteiger partial charge is 0.507 e. The Labute approximate surface area is 268 Å². The van der Waals surface area contributed by atoms with Crippen LogP contribution >= 0.6 is 45.3 Å². The van der Waals surface area contributed by atoms with E-state index in [1.54, 1.807) is 20.7 Å². The summed E-state index contributed by atoms with van der Waals surface area (Å²) < 4.78 is 0.922. The Morgan fingerprint density at radius 2 is 0.976 bits per heavy atom. The molecule has 1 N–H and O–H groups in total. The summed E-state index contributed by atoms with van der Waals surface area (Å²) in [5.41, 5.74) is 5.97. The number of nitrogens with zero attached hydrogens (tertiary/aromatic N) is 4. The quantitative estimate of drug-likeness (QED) is 0.158. The summed E-state index contributed by atoms with van der Waals surface area (Å²) in [6, 6.07) is 28.0. The molecule has 0 spiro atoms. The Balaban J connectivity index is 0.00000353. The van der Waals surface area contributed by atoms with Gasteiger partial charge in [-0.25, -0.2) is 0 Å². The first-order chi connectivity index (χ1) is 20.1. The fourth-order valence-electron chi connectivity index (χ4n) is 5.89. The normalized spacial score (nSPS) is 17.2. The fraction of sp³-hybridized carbons (Fsp3) is 0.364. The van der Waals surface area contributed by atoms with E-state index in [2.05, 4.69) is 98.5 Å². The first-order valence-electron chi connectivity index (χ1n) is 14.5. The number of piperazine rings is 2. The van der Waals surface area contributed by atoms with Gasteiger partial charge in [-0.2, -0.15) is 0 Å². The van der Waals surface area contributed by atoms with Crippen LogP contribution in [0.4, 0.5) is 0 Å². The summed E-state index contributed by atoms with van der Waals surface area (Å²) >= 11 is 5.46. The Morgan fingerprint density at radius 3 is 1.36 bits per heavy atom. The molecule has 222 valence electrons. The zero-order chi connectivity index (χ0) is 28.0. The molecular weight excluding hydrogens is 600 g/mol. The molecule has 2 fully saturated rings. The van der Waals surface area contributed by atoms with Gasteiger partial charge in [0.15, 0.2) is 0 Å². The number of hydrogen-bond acceptors (Lipinski definition) is 8. The summed E-state index contributed by atoms with van der Waals surface area (Å²) in [5, 5.41) is 11.5. The van der Waals surface area contributed by atoms with Gasteiger partial charge in [0.2, 0.25) is 0 Å². The maximum absolute atomic E-state index is 11.5. The Kier molecular flexibility index (Phi) is 11.2. The van der Waals surface area contributed by atoms with Crippen LogP contribution in [0.15, 0.2) is 78.9 Å². The van der Waals surface area contributed by atoms with Crippen LogP contribution in [0.2, 0.25) is 0 Å². The van der Waals surface area contributed by atoms with E-state index in [4.69, 9.17) is 12.2 Å². The van der Waals surface area contributed by atoms with Gasteiger partial charge in [0, 0.05) is 94.5 Å². The first-order valence-corrected chi connectivity index (χ1v) is 17.1. The third-order valence-electron chi connectivity index (χ3n) is 8.23. The highest BCUT2D eigenvalue weighted by Gasteiger charge is 2.23. The van der Waals surface area contributed by atoms with Crippen LogP contribution in [-0.4, -0.2) is 77.1 Å². The molecule has 5 nitrogen and oxygen atoms in total. The maximum Gasteiger partial charge on any atom is 0.124 e. The minimum atomic E-state index is 0. The number of phenolic OH excluding ortho intramolecular Hbond substituents is 1. The van der Waals surface area contributed by atoms with Crippen molar-refractivity contribution in [1.82, 2.24) is 19.6 Å². The first kappa shape index (κ1) is 31.3. The standard InChI is InChI=1S/C33H38N4OS3.ClH/c38-33-29(24-36-15-11-34(12-16-36)22-26-7-3-1-4-8-26)19-28(31-21-32(39)41-40-31)20-30(33)25-37-17-13-35(14-18-37)23-27-9-5-2-6-10-27;/h1-10,19-21,38H,11-18,22-25H2;1H. The number of benzene rings is 3. The number of phenols is 1. The van der Waals surface area contributed by atoms with E-state index in [0.717, 1.165) is 93.5 Å². The molecule has 0 unspecified atom stereocenters. The minimum Gasteiger partial charge on any atom is -0.507 e. The van der Waals surface area contributed by atoms with Crippen LogP contribution in [0.1, 0.15) is 22.3 Å². The van der Waals surface area contributed by atoms with Crippen molar-refractivity contribution in [2.75, 3.05) is 52.4 Å². The molecule has 0 saturated carbocycles. The van der Waals surface area contributed by atoms with Gasteiger partial charge >= 0.3 is 0 Å². The molecule has 2 aliphatic rings. The Bertz CT molecular complexity index is 1380. The van der Waals surface area contributed by atoms with E-state index < -0.39 is 0 Å². The molecule has 2 saturated heterocycles. The topological polar surface area (TPSA) is 33.2 Å². The summed E-state index contributed by atoms with van der Waals surface area (Å²) in [5.74, 6) is 0.464. The zero-order valence-electron chi connectivity index (χ0n) is 23.9. The lowest BCUT2D eigenvalue weighted by Gasteiger charge is -2.36. The zero-order valence-corrected chi connectivity index (χ0v) is 27.1. The number of rotatable bonds is 9. The smallest absolute Gasteiger partial charge is 0.124 e. The van der Waals surface area contributed by atoms with Gasteiger partial charge in [-0.05, 0) is 34.9 Å². The van der Waals surface area contributed by atoms with Crippen molar-refractivity contribution >= 4 is 45.3 Å². The third kappa shape index (κ3) is 8.27. The molecule has 9 heteroatoms. The molecule has 0 amide bonds. The van der Waals surface area contributed by atoms with Crippen LogP contribution in [0, 0.1) is 3.82 Å². The molecule has 0 bridgehead atoms. The van der Waals surface area contributed by atoms with E-state index in [1.165, 1.54) is 21.6 Å². The summed E-state index contributed by atoms with van der Waals surface area (Å²) in [7, 11) is 3.39. The average molecular weight is 639 g/mol. The second kappa shape index (κ2) is 15.0. The summed E-state index contributed by atoms with van der Waals surface area (Å²) in [6.45, 7) is 11.7. The summed E-state index contributed by atoms with van der Waals surface area (Å²) in [4.78, 5) is 11.2. The van der Waals surface area contributed by atoms with Gasteiger partial charge in [-0.15, -0.1) is 12.4 Å². The Hall–Kier alpha value is -2.14. The van der Waals surface area contributed by atoms with Crippen molar-refractivity contribution in [3.63, 3.8) is 0 Å². The van der Waals surface area contributed by atoms with Crippen molar-refractivity contribution in [1.29, 1.82) is 0 Å². The van der Waals surface area contributed by atoms with Gasteiger partial charge in [0.25, 0.3) is 0 Å². The molecule has 0 radical (unpaired) electrons. The number of hydrogen-bond donors (Lipinski definition) is 1. The average Bonchev–Trinajstić information content (AvgIpc) is 3.44. The lowest BCUT2D eigenvalue weighted by atomic mass is 10.0. The van der Waals surface area contributed by atoms with Crippen molar-refractivity contribution in [3.8, 4) is 16.2 Å². The van der Waals surface area contributed by atoms with E-state index in [9.17, 15) is 5.11 Å². The van der Waals surface area contributed by atoms with Gasteiger partial charge in [0.05, 0.1) is 0 Å². The lowest BCUT2D eigenvalue weighted by Crippen LogP contribution is -2.45. The van der Waals surface area contributed by atoms with Crippen LogP contribution in [0.5, 0.6) is 5.75 Å². The molecule has 6 rings (SSSR count). The maximum atomic E-state index is 11.5. The number of aromatic hydroxyl groups is 1. The molecule has 0 atom stereocenters. The monoisotopic (exact) mass is 638 g/mol. The van der Waals surface area contributed by atoms with E-state index >= 15 is 0 Å². The van der Waals surface area contributed by atoms with Crippen molar-refractivity contribution < 1.29 is 5.11 Å². The van der Waals surface area contributed by atoms with Crippen LogP contribution in [-0.2, 0) is 26.2 Å². The lowest BCUT2D eigenvalue weighted by molar-refractivity contribution is 0.119. The highest BCUT2D eigenvalue weighted by atomic mass is 35.5. The predicted molar refractivity (Wildman–Crippen MR) is 181 cm³/mol. The Morgan fingerprint density at radius 1 is 0.571 bits per heavy atom. The van der Waals surface area contributed by atoms with Crippen LogP contribution in [0.3, 0.4) is 0 Å². The molecule has 3 aromatic carbocycles. The van der Waals surface area contributed by atoms with Crippen LogP contribution in [0.25, 0.3) is 10.4 Å². The minimum absolute atomic E-state index is 0. The van der Waals surface area contributed by atoms with E-state index in [1.807, 2.05) is 0 Å². The third-order valence-corrected chi connectivity index (χ3v) is 11.1.